The molecule has 23 heavy (non-hydrogen) atoms. The van der Waals surface area contributed by atoms with Crippen LogP contribution in [0.3, 0.4) is 0 Å². The topological polar surface area (TPSA) is 57.3 Å². The van der Waals surface area contributed by atoms with Gasteiger partial charge >= 0.3 is 5.97 Å². The highest BCUT2D eigenvalue weighted by molar-refractivity contribution is 5.91. The van der Waals surface area contributed by atoms with Crippen molar-refractivity contribution in [1.29, 1.82) is 0 Å². The first kappa shape index (κ1) is 13.3. The largest absolute Gasteiger partial charge is 0.443 e. The van der Waals surface area contributed by atoms with E-state index in [0.717, 1.165) is 5.69 Å². The number of hydrogen-bond donors (Lipinski definition) is 0. The SMILES string of the molecule is O=C(Oc1ccc2ocnc2c1)c1ccc(-n2cccc2)cc1. The van der Waals surface area contributed by atoms with Crippen LogP contribution in [0.15, 0.2) is 77.8 Å². The Bertz CT molecular complexity index is 954. The maximum atomic E-state index is 12.2. The molecule has 2 aromatic heterocycles. The number of benzene rings is 2. The van der Waals surface area contributed by atoms with E-state index in [1.807, 2.05) is 41.2 Å². The number of carbonyl (C=O) groups excluding carboxylic acids is 1. The van der Waals surface area contributed by atoms with Crippen LogP contribution < -0.4 is 4.74 Å². The second-order valence-corrected chi connectivity index (χ2v) is 5.01. The fourth-order valence-electron chi connectivity index (χ4n) is 2.34. The molecule has 0 aliphatic heterocycles. The van der Waals surface area contributed by atoms with Gasteiger partial charge in [-0.2, -0.15) is 0 Å². The number of hydrogen-bond acceptors (Lipinski definition) is 4. The zero-order valence-electron chi connectivity index (χ0n) is 12.0. The van der Waals surface area contributed by atoms with Crippen LogP contribution in [-0.2, 0) is 0 Å². The average Bonchev–Trinajstić information content (AvgIpc) is 3.26. The molecule has 0 spiro atoms. The fraction of sp³-hybridized carbons (Fsp3) is 0. The van der Waals surface area contributed by atoms with Crippen molar-refractivity contribution in [3.05, 3.63) is 78.9 Å². The molecule has 4 aromatic rings. The molecule has 0 N–H and O–H groups in total. The van der Waals surface area contributed by atoms with Crippen LogP contribution in [0.5, 0.6) is 5.75 Å². The molecular weight excluding hydrogens is 292 g/mol. The molecule has 0 amide bonds. The summed E-state index contributed by atoms with van der Waals surface area (Å²) >= 11 is 0. The molecule has 112 valence electrons. The van der Waals surface area contributed by atoms with Crippen LogP contribution in [0.4, 0.5) is 0 Å². The summed E-state index contributed by atoms with van der Waals surface area (Å²) in [7, 11) is 0. The monoisotopic (exact) mass is 304 g/mol. The zero-order chi connectivity index (χ0) is 15.6. The summed E-state index contributed by atoms with van der Waals surface area (Å²) in [5.41, 5.74) is 2.77. The lowest BCUT2D eigenvalue weighted by atomic mass is 10.2. The number of aromatic nitrogens is 2. The summed E-state index contributed by atoms with van der Waals surface area (Å²) < 4.78 is 12.5. The van der Waals surface area contributed by atoms with Crippen LogP contribution in [-0.4, -0.2) is 15.5 Å². The number of carbonyl (C=O) groups is 1. The van der Waals surface area contributed by atoms with Crippen molar-refractivity contribution in [1.82, 2.24) is 9.55 Å². The number of fused-ring (bicyclic) bond motifs is 1. The third-order valence-corrected chi connectivity index (χ3v) is 3.52. The summed E-state index contributed by atoms with van der Waals surface area (Å²) in [5, 5.41) is 0. The Labute approximate surface area is 131 Å². The Hall–Kier alpha value is -3.34. The lowest BCUT2D eigenvalue weighted by molar-refractivity contribution is 0.0735. The van der Waals surface area contributed by atoms with Crippen molar-refractivity contribution >= 4 is 17.1 Å². The maximum Gasteiger partial charge on any atom is 0.343 e. The molecule has 2 heterocycles. The van der Waals surface area contributed by atoms with Gasteiger partial charge in [-0.3, -0.25) is 0 Å². The fourth-order valence-corrected chi connectivity index (χ4v) is 2.34. The van der Waals surface area contributed by atoms with E-state index in [-0.39, 0.29) is 0 Å². The molecule has 0 bridgehead atoms. The Kier molecular flexibility index (Phi) is 3.16. The van der Waals surface area contributed by atoms with Gasteiger partial charge in [-0.15, -0.1) is 0 Å². The van der Waals surface area contributed by atoms with E-state index in [2.05, 4.69) is 4.98 Å². The van der Waals surface area contributed by atoms with E-state index in [0.29, 0.717) is 22.4 Å². The zero-order valence-corrected chi connectivity index (χ0v) is 12.0. The molecule has 4 rings (SSSR count). The van der Waals surface area contributed by atoms with Gasteiger partial charge in [0.25, 0.3) is 0 Å². The lowest BCUT2D eigenvalue weighted by Gasteiger charge is -2.06. The van der Waals surface area contributed by atoms with Crippen molar-refractivity contribution in [3.63, 3.8) is 0 Å². The van der Waals surface area contributed by atoms with Gasteiger partial charge in [0.1, 0.15) is 11.3 Å². The standard InChI is InChI=1S/C18H12N2O3/c21-18(23-15-7-8-17-16(11-15)19-12-22-17)13-3-5-14(6-4-13)20-9-1-2-10-20/h1-12H. The van der Waals surface area contributed by atoms with Gasteiger partial charge in [0.2, 0.25) is 0 Å². The van der Waals surface area contributed by atoms with E-state index in [1.54, 1.807) is 30.3 Å². The molecule has 5 nitrogen and oxygen atoms in total. The predicted molar refractivity (Wildman–Crippen MR) is 84.7 cm³/mol. The minimum atomic E-state index is -0.410. The quantitative estimate of drug-likeness (QED) is 0.426. The Morgan fingerprint density at radius 1 is 1.04 bits per heavy atom. The third-order valence-electron chi connectivity index (χ3n) is 3.52. The summed E-state index contributed by atoms with van der Waals surface area (Å²) in [5.74, 6) is 0.0257. The van der Waals surface area contributed by atoms with Crippen molar-refractivity contribution in [2.45, 2.75) is 0 Å². The number of esters is 1. The normalized spacial score (nSPS) is 10.8. The molecular formula is C18H12N2O3. The minimum absolute atomic E-state index is 0.410. The van der Waals surface area contributed by atoms with Crippen LogP contribution in [0, 0.1) is 0 Å². The van der Waals surface area contributed by atoms with Gasteiger partial charge in [0.15, 0.2) is 12.0 Å². The van der Waals surface area contributed by atoms with Gasteiger partial charge in [-0.1, -0.05) is 0 Å². The van der Waals surface area contributed by atoms with Crippen LogP contribution in [0.1, 0.15) is 10.4 Å². The third kappa shape index (κ3) is 2.60. The highest BCUT2D eigenvalue weighted by Gasteiger charge is 2.10. The van der Waals surface area contributed by atoms with Crippen LogP contribution >= 0.6 is 0 Å². The maximum absolute atomic E-state index is 12.2. The first-order chi connectivity index (χ1) is 11.3. The van der Waals surface area contributed by atoms with Gasteiger partial charge in [-0.25, -0.2) is 9.78 Å². The molecule has 0 saturated carbocycles. The number of rotatable bonds is 3. The van der Waals surface area contributed by atoms with Gasteiger partial charge in [0.05, 0.1) is 5.56 Å². The van der Waals surface area contributed by atoms with Gasteiger partial charge in [-0.05, 0) is 48.5 Å². The van der Waals surface area contributed by atoms with Gasteiger partial charge in [0, 0.05) is 24.1 Å². The highest BCUT2D eigenvalue weighted by atomic mass is 16.5. The molecule has 2 aromatic carbocycles. The van der Waals surface area contributed by atoms with E-state index in [9.17, 15) is 4.79 Å². The van der Waals surface area contributed by atoms with E-state index < -0.39 is 5.97 Å². The molecule has 0 saturated heterocycles. The minimum Gasteiger partial charge on any atom is -0.443 e. The molecule has 0 aliphatic carbocycles. The predicted octanol–water partition coefficient (Wildman–Crippen LogP) is 3.84. The molecule has 0 unspecified atom stereocenters. The summed E-state index contributed by atoms with van der Waals surface area (Å²) in [6, 6.07) is 16.2. The lowest BCUT2D eigenvalue weighted by Crippen LogP contribution is -2.08. The average molecular weight is 304 g/mol. The van der Waals surface area contributed by atoms with Crippen molar-refractivity contribution < 1.29 is 13.9 Å². The number of ether oxygens (including phenoxy) is 1. The summed E-state index contributed by atoms with van der Waals surface area (Å²) in [4.78, 5) is 16.3. The van der Waals surface area contributed by atoms with E-state index in [4.69, 9.17) is 9.15 Å². The van der Waals surface area contributed by atoms with Crippen molar-refractivity contribution in [2.75, 3.05) is 0 Å². The molecule has 0 fully saturated rings. The molecule has 5 heteroatoms. The van der Waals surface area contributed by atoms with Gasteiger partial charge < -0.3 is 13.7 Å². The Balaban J connectivity index is 1.54. The second kappa shape index (κ2) is 5.46. The van der Waals surface area contributed by atoms with E-state index >= 15 is 0 Å². The first-order valence-corrected chi connectivity index (χ1v) is 7.08. The van der Waals surface area contributed by atoms with Crippen molar-refractivity contribution in [2.24, 2.45) is 0 Å². The Morgan fingerprint density at radius 3 is 2.61 bits per heavy atom. The molecule has 0 radical (unpaired) electrons. The summed E-state index contributed by atoms with van der Waals surface area (Å²) in [6.45, 7) is 0. The number of oxazole rings is 1. The number of nitrogens with zero attached hydrogens (tertiary/aromatic N) is 2. The Morgan fingerprint density at radius 2 is 1.83 bits per heavy atom. The molecule has 0 aliphatic rings. The second-order valence-electron chi connectivity index (χ2n) is 5.01. The van der Waals surface area contributed by atoms with Crippen LogP contribution in [0.2, 0.25) is 0 Å². The first-order valence-electron chi connectivity index (χ1n) is 7.08. The molecule has 0 atom stereocenters. The summed E-state index contributed by atoms with van der Waals surface area (Å²) in [6.07, 6.45) is 5.25. The van der Waals surface area contributed by atoms with Crippen molar-refractivity contribution in [3.8, 4) is 11.4 Å². The van der Waals surface area contributed by atoms with Crippen LogP contribution in [0.25, 0.3) is 16.8 Å². The highest BCUT2D eigenvalue weighted by Crippen LogP contribution is 2.20. The van der Waals surface area contributed by atoms with E-state index in [1.165, 1.54) is 6.39 Å². The smallest absolute Gasteiger partial charge is 0.343 e.